The lowest BCUT2D eigenvalue weighted by Crippen LogP contribution is -1.97. The summed E-state index contributed by atoms with van der Waals surface area (Å²) < 4.78 is 9.83. The smallest absolute Gasteiger partial charge is 0.324 e. The third-order valence-electron chi connectivity index (χ3n) is 2.82. The molecule has 138 valence electrons. The first-order valence-corrected chi connectivity index (χ1v) is 6.54. The summed E-state index contributed by atoms with van der Waals surface area (Å²) in [4.78, 5) is 31.6. The average Bonchev–Trinajstić information content (AvgIpc) is 2.61. The summed E-state index contributed by atoms with van der Waals surface area (Å²) in [5.41, 5.74) is -3.00. The molecule has 0 bridgehead atoms. The minimum absolute atomic E-state index is 0.447. The minimum atomic E-state index is -1.21. The molecule has 0 unspecified atom stereocenters. The molecule has 1 aromatic carbocycles. The number of phenols is 1. The predicted octanol–water partition coefficient (Wildman–Crippen LogP) is 2.22. The maximum Gasteiger partial charge on any atom is 0.324 e. The zero-order valence-corrected chi connectivity index (χ0v) is 13.4. The Hall–Kier alpha value is -4.03. The Morgan fingerprint density at radius 2 is 1.27 bits per heavy atom. The van der Waals surface area contributed by atoms with E-state index in [2.05, 4.69) is 4.98 Å². The first-order chi connectivity index (χ1) is 12.2. The van der Waals surface area contributed by atoms with Crippen LogP contribution in [0.2, 0.25) is 0 Å². The molecule has 1 N–H and O–H groups in total. The fraction of sp³-hybridized carbons (Fsp3) is 0.154. The first kappa shape index (κ1) is 20.0. The number of benzene rings is 1. The van der Waals surface area contributed by atoms with Crippen molar-refractivity contribution >= 4 is 17.1 Å². The lowest BCUT2D eigenvalue weighted by Gasteiger charge is -2.00. The molecular weight excluding hydrogens is 356 g/mol. The molecule has 1 aromatic heterocycles. The largest absolute Gasteiger partial charge is 0.497 e. The van der Waals surface area contributed by atoms with Gasteiger partial charge in [-0.2, -0.15) is 0 Å². The molecule has 0 saturated carbocycles. The number of aromatic nitrogens is 1. The monoisotopic (exact) mass is 368 g/mol. The number of hydrogen-bond donors (Lipinski definition) is 1. The molecule has 0 amide bonds. The molecule has 26 heavy (non-hydrogen) atoms. The van der Waals surface area contributed by atoms with E-state index in [1.54, 1.807) is 32.7 Å². The van der Waals surface area contributed by atoms with Gasteiger partial charge in [0.05, 0.1) is 53.5 Å². The van der Waals surface area contributed by atoms with E-state index in [1.807, 2.05) is 0 Å². The van der Waals surface area contributed by atoms with Gasteiger partial charge < -0.3 is 14.6 Å². The highest BCUT2D eigenvalue weighted by Gasteiger charge is 2.30. The molecule has 0 atom stereocenters. The van der Waals surface area contributed by atoms with E-state index >= 15 is 0 Å². The summed E-state index contributed by atoms with van der Waals surface area (Å²) in [6.45, 7) is 0. The van der Waals surface area contributed by atoms with Crippen LogP contribution in [0.25, 0.3) is 0 Å². The summed E-state index contributed by atoms with van der Waals surface area (Å²) in [5.74, 6) is 0.208. The highest BCUT2D eigenvalue weighted by molar-refractivity contribution is 5.64. The van der Waals surface area contributed by atoms with Crippen LogP contribution >= 0.6 is 0 Å². The summed E-state index contributed by atoms with van der Waals surface area (Å²) >= 11 is 0. The minimum Gasteiger partial charge on any atom is -0.497 e. The van der Waals surface area contributed by atoms with Crippen LogP contribution in [0.5, 0.6) is 17.2 Å². The molecule has 0 saturated heterocycles. The van der Waals surface area contributed by atoms with E-state index in [0.29, 0.717) is 23.6 Å². The van der Waals surface area contributed by atoms with Gasteiger partial charge in [0.15, 0.2) is 0 Å². The topological polar surface area (TPSA) is 181 Å². The molecule has 0 aliphatic rings. The van der Waals surface area contributed by atoms with Gasteiger partial charge in [0.2, 0.25) is 0 Å². The summed E-state index contributed by atoms with van der Waals surface area (Å²) in [6, 6.07) is 2.66. The molecule has 2 rings (SSSR count). The Morgan fingerprint density at radius 3 is 1.58 bits per heavy atom. The van der Waals surface area contributed by atoms with Gasteiger partial charge in [-0.1, -0.05) is 0 Å². The number of non-ortho nitro benzene ring substituents is 1. The van der Waals surface area contributed by atoms with E-state index in [4.69, 9.17) is 14.6 Å². The van der Waals surface area contributed by atoms with Gasteiger partial charge in [-0.25, -0.2) is 0 Å². The second kappa shape index (κ2) is 8.72. The van der Waals surface area contributed by atoms with Gasteiger partial charge in [-0.3, -0.25) is 35.3 Å². The Labute approximate surface area is 144 Å². The van der Waals surface area contributed by atoms with Crippen LogP contribution in [0.4, 0.5) is 17.1 Å². The van der Waals surface area contributed by atoms with Gasteiger partial charge in [0.1, 0.15) is 11.5 Å². The van der Waals surface area contributed by atoms with Crippen molar-refractivity contribution in [3.63, 3.8) is 0 Å². The number of rotatable bonds is 5. The van der Waals surface area contributed by atoms with Crippen molar-refractivity contribution in [2.75, 3.05) is 14.2 Å². The van der Waals surface area contributed by atoms with E-state index in [9.17, 15) is 30.3 Å². The van der Waals surface area contributed by atoms with E-state index in [1.165, 1.54) is 0 Å². The van der Waals surface area contributed by atoms with Crippen molar-refractivity contribution in [2.24, 2.45) is 0 Å². The SMILES string of the molecule is COc1cncc(OC)c1.O=[N+]([O-])c1cc([N+](=O)[O-])c(O)c([N+](=O)[O-])c1. The quantitative estimate of drug-likeness (QED) is 0.606. The number of ether oxygens (including phenoxy) is 2. The maximum absolute atomic E-state index is 10.4. The molecule has 0 spiro atoms. The molecule has 1 heterocycles. The summed E-state index contributed by atoms with van der Waals surface area (Å²) in [6.07, 6.45) is 3.26. The van der Waals surface area contributed by atoms with Crippen LogP contribution in [0.15, 0.2) is 30.6 Å². The average molecular weight is 368 g/mol. The Bertz CT molecular complexity index is 786. The highest BCUT2D eigenvalue weighted by atomic mass is 16.6. The fourth-order valence-electron chi connectivity index (χ4n) is 1.60. The van der Waals surface area contributed by atoms with Crippen LogP contribution < -0.4 is 9.47 Å². The number of nitro groups is 3. The van der Waals surface area contributed by atoms with Crippen LogP contribution in [0, 0.1) is 30.3 Å². The molecule has 0 fully saturated rings. The molecule has 0 aliphatic heterocycles. The second-order valence-electron chi connectivity index (χ2n) is 4.37. The third kappa shape index (κ3) is 4.98. The zero-order chi connectivity index (χ0) is 19.9. The van der Waals surface area contributed by atoms with Crippen LogP contribution in [0.3, 0.4) is 0 Å². The standard InChI is InChI=1S/C7H9NO2.C6H3N3O7/c1-9-6-3-7(10-2)5-8-4-6;10-6-4(8(13)14)1-3(7(11)12)2-5(6)9(15)16/h3-5H,1-2H3;1-2,10H. The third-order valence-corrected chi connectivity index (χ3v) is 2.82. The number of hydrogen-bond acceptors (Lipinski definition) is 10. The number of methoxy groups -OCH3 is 2. The van der Waals surface area contributed by atoms with Gasteiger partial charge in [0.25, 0.3) is 11.4 Å². The van der Waals surface area contributed by atoms with Crippen molar-refractivity contribution in [1.82, 2.24) is 4.98 Å². The van der Waals surface area contributed by atoms with Gasteiger partial charge in [-0.15, -0.1) is 0 Å². The Balaban J connectivity index is 0.000000289. The Morgan fingerprint density at radius 1 is 0.846 bits per heavy atom. The molecule has 2 aromatic rings. The summed E-state index contributed by atoms with van der Waals surface area (Å²) in [5, 5.41) is 40.2. The van der Waals surface area contributed by atoms with E-state index in [0.717, 1.165) is 0 Å². The van der Waals surface area contributed by atoms with Crippen molar-refractivity contribution in [2.45, 2.75) is 0 Å². The number of phenolic OH excluding ortho intramolecular Hbond substituents is 1. The number of nitrogens with zero attached hydrogens (tertiary/aromatic N) is 4. The zero-order valence-electron chi connectivity index (χ0n) is 13.4. The highest BCUT2D eigenvalue weighted by Crippen LogP contribution is 2.38. The summed E-state index contributed by atoms with van der Waals surface area (Å²) in [7, 11) is 3.19. The molecular formula is C13H12N4O9. The molecule has 0 aliphatic carbocycles. The number of aromatic hydroxyl groups is 1. The van der Waals surface area contributed by atoms with E-state index in [-0.39, 0.29) is 0 Å². The lowest BCUT2D eigenvalue weighted by atomic mass is 10.2. The van der Waals surface area contributed by atoms with Crippen molar-refractivity contribution in [3.05, 3.63) is 60.9 Å². The van der Waals surface area contributed by atoms with Crippen molar-refractivity contribution in [1.29, 1.82) is 0 Å². The molecule has 0 radical (unpaired) electrons. The first-order valence-electron chi connectivity index (χ1n) is 6.54. The second-order valence-corrected chi connectivity index (χ2v) is 4.37. The van der Waals surface area contributed by atoms with Crippen LogP contribution in [-0.4, -0.2) is 39.1 Å². The fourth-order valence-corrected chi connectivity index (χ4v) is 1.60. The molecule has 13 heteroatoms. The normalized spacial score (nSPS) is 9.46. The predicted molar refractivity (Wildman–Crippen MR) is 85.4 cm³/mol. The van der Waals surface area contributed by atoms with Crippen molar-refractivity contribution < 1.29 is 29.4 Å². The number of nitro benzene ring substituents is 3. The van der Waals surface area contributed by atoms with Gasteiger partial charge in [0, 0.05) is 6.07 Å². The van der Waals surface area contributed by atoms with E-state index < -0.39 is 37.6 Å². The molecule has 13 nitrogen and oxygen atoms in total. The maximum atomic E-state index is 10.4. The number of pyridine rings is 1. The van der Waals surface area contributed by atoms with Gasteiger partial charge >= 0.3 is 11.4 Å². The lowest BCUT2D eigenvalue weighted by molar-refractivity contribution is -0.404. The van der Waals surface area contributed by atoms with Gasteiger partial charge in [-0.05, 0) is 0 Å². The van der Waals surface area contributed by atoms with Crippen molar-refractivity contribution in [3.8, 4) is 17.2 Å². The van der Waals surface area contributed by atoms with Crippen LogP contribution in [0.1, 0.15) is 0 Å². The Kier molecular flexibility index (Phi) is 6.71. The van der Waals surface area contributed by atoms with Crippen LogP contribution in [-0.2, 0) is 0 Å².